The maximum Gasteiger partial charge on any atom is 0.130 e. The van der Waals surface area contributed by atoms with Gasteiger partial charge in [0, 0.05) is 15.6 Å². The van der Waals surface area contributed by atoms with Gasteiger partial charge in [0.1, 0.15) is 5.82 Å². The van der Waals surface area contributed by atoms with Gasteiger partial charge >= 0.3 is 0 Å². The van der Waals surface area contributed by atoms with Crippen molar-refractivity contribution in [2.75, 3.05) is 0 Å². The van der Waals surface area contributed by atoms with Crippen LogP contribution in [-0.2, 0) is 0 Å². The van der Waals surface area contributed by atoms with E-state index in [9.17, 15) is 4.39 Å². The van der Waals surface area contributed by atoms with Crippen molar-refractivity contribution in [2.24, 2.45) is 0 Å². The average Bonchev–Trinajstić information content (AvgIpc) is 2.32. The number of halogens is 4. The molecule has 94 valence electrons. The van der Waals surface area contributed by atoms with Crippen LogP contribution in [0.3, 0.4) is 0 Å². The van der Waals surface area contributed by atoms with Crippen LogP contribution in [0.15, 0.2) is 36.4 Å². The van der Waals surface area contributed by atoms with Crippen LogP contribution >= 0.6 is 39.1 Å². The summed E-state index contributed by atoms with van der Waals surface area (Å²) >= 11 is 15.5. The zero-order valence-electron chi connectivity index (χ0n) is 9.55. The SMILES string of the molecule is Cc1cccc(C(Br)c2ccc(Cl)cc2Cl)c1F. The van der Waals surface area contributed by atoms with Gasteiger partial charge in [-0.3, -0.25) is 0 Å². The molecule has 0 N–H and O–H groups in total. The van der Waals surface area contributed by atoms with Crippen molar-refractivity contribution >= 4 is 39.1 Å². The van der Waals surface area contributed by atoms with E-state index >= 15 is 0 Å². The first-order chi connectivity index (χ1) is 8.50. The summed E-state index contributed by atoms with van der Waals surface area (Å²) < 4.78 is 14.0. The number of alkyl halides is 1. The van der Waals surface area contributed by atoms with Crippen LogP contribution in [0.5, 0.6) is 0 Å². The Labute approximate surface area is 124 Å². The molecule has 0 amide bonds. The van der Waals surface area contributed by atoms with Gasteiger partial charge in [-0.05, 0) is 30.2 Å². The summed E-state index contributed by atoms with van der Waals surface area (Å²) in [6, 6.07) is 10.5. The van der Waals surface area contributed by atoms with Crippen molar-refractivity contribution in [3.63, 3.8) is 0 Å². The minimum absolute atomic E-state index is 0.217. The second-order valence-electron chi connectivity index (χ2n) is 4.01. The van der Waals surface area contributed by atoms with E-state index in [2.05, 4.69) is 15.9 Å². The van der Waals surface area contributed by atoms with Gasteiger partial charge in [-0.1, -0.05) is 63.4 Å². The minimum Gasteiger partial charge on any atom is -0.206 e. The number of aryl methyl sites for hydroxylation is 1. The topological polar surface area (TPSA) is 0 Å². The van der Waals surface area contributed by atoms with Crippen LogP contribution < -0.4 is 0 Å². The molecule has 1 unspecified atom stereocenters. The van der Waals surface area contributed by atoms with Gasteiger partial charge in [-0.25, -0.2) is 4.39 Å². The van der Waals surface area contributed by atoms with Crippen molar-refractivity contribution in [1.29, 1.82) is 0 Å². The Morgan fingerprint density at radius 3 is 2.50 bits per heavy atom. The largest absolute Gasteiger partial charge is 0.206 e. The molecule has 0 aliphatic heterocycles. The molecular formula is C14H10BrCl2F. The fourth-order valence-electron chi connectivity index (χ4n) is 1.74. The van der Waals surface area contributed by atoms with Crippen LogP contribution in [-0.4, -0.2) is 0 Å². The maximum atomic E-state index is 14.0. The highest BCUT2D eigenvalue weighted by atomic mass is 79.9. The molecule has 0 aromatic heterocycles. The standard InChI is InChI=1S/C14H10BrCl2F/c1-8-3-2-4-11(14(8)18)13(15)10-6-5-9(16)7-12(10)17/h2-7,13H,1H3. The van der Waals surface area contributed by atoms with Gasteiger partial charge in [-0.2, -0.15) is 0 Å². The summed E-state index contributed by atoms with van der Waals surface area (Å²) in [6.45, 7) is 1.74. The molecule has 18 heavy (non-hydrogen) atoms. The third-order valence-electron chi connectivity index (χ3n) is 2.73. The van der Waals surface area contributed by atoms with E-state index in [0.29, 0.717) is 21.2 Å². The second kappa shape index (κ2) is 5.60. The van der Waals surface area contributed by atoms with Crippen molar-refractivity contribution < 1.29 is 4.39 Å². The first kappa shape index (κ1) is 13.9. The van der Waals surface area contributed by atoms with Crippen LogP contribution in [0, 0.1) is 12.7 Å². The number of benzene rings is 2. The normalized spacial score (nSPS) is 12.5. The minimum atomic E-state index is -0.290. The summed E-state index contributed by atoms with van der Waals surface area (Å²) in [5, 5.41) is 1.08. The predicted octanol–water partition coefficient (Wildman–Crippen LogP) is 5.93. The molecule has 2 aromatic rings. The molecule has 0 saturated heterocycles. The molecule has 0 radical (unpaired) electrons. The molecule has 2 rings (SSSR count). The van der Waals surface area contributed by atoms with Gasteiger partial charge in [0.2, 0.25) is 0 Å². The quantitative estimate of drug-likeness (QED) is 0.591. The highest BCUT2D eigenvalue weighted by molar-refractivity contribution is 9.09. The summed E-state index contributed by atoms with van der Waals surface area (Å²) in [5.41, 5.74) is 1.98. The molecule has 0 fully saturated rings. The Morgan fingerprint density at radius 2 is 1.83 bits per heavy atom. The monoisotopic (exact) mass is 346 g/mol. The lowest BCUT2D eigenvalue weighted by Gasteiger charge is -2.14. The second-order valence-corrected chi connectivity index (χ2v) is 5.77. The Kier molecular flexibility index (Phi) is 4.31. The fourth-order valence-corrected chi connectivity index (χ4v) is 3.14. The first-order valence-electron chi connectivity index (χ1n) is 5.34. The zero-order valence-corrected chi connectivity index (χ0v) is 12.7. The van der Waals surface area contributed by atoms with E-state index in [-0.39, 0.29) is 10.6 Å². The van der Waals surface area contributed by atoms with Gasteiger partial charge in [-0.15, -0.1) is 0 Å². The molecule has 0 nitrogen and oxygen atoms in total. The van der Waals surface area contributed by atoms with Gasteiger partial charge in [0.05, 0.1) is 4.83 Å². The highest BCUT2D eigenvalue weighted by Gasteiger charge is 2.18. The first-order valence-corrected chi connectivity index (χ1v) is 7.02. The third-order valence-corrected chi connectivity index (χ3v) is 4.28. The van der Waals surface area contributed by atoms with Gasteiger partial charge in [0.15, 0.2) is 0 Å². The molecule has 0 spiro atoms. The smallest absolute Gasteiger partial charge is 0.130 e. The number of rotatable bonds is 2. The summed E-state index contributed by atoms with van der Waals surface area (Å²) in [5.74, 6) is -0.217. The predicted molar refractivity (Wildman–Crippen MR) is 78.4 cm³/mol. The van der Waals surface area contributed by atoms with Crippen LogP contribution in [0.1, 0.15) is 21.5 Å². The van der Waals surface area contributed by atoms with Crippen LogP contribution in [0.25, 0.3) is 0 Å². The van der Waals surface area contributed by atoms with Crippen molar-refractivity contribution in [2.45, 2.75) is 11.8 Å². The van der Waals surface area contributed by atoms with Crippen molar-refractivity contribution in [3.8, 4) is 0 Å². The van der Waals surface area contributed by atoms with Gasteiger partial charge in [0.25, 0.3) is 0 Å². The Bertz CT molecular complexity index is 584. The van der Waals surface area contributed by atoms with Gasteiger partial charge < -0.3 is 0 Å². The van der Waals surface area contributed by atoms with Crippen molar-refractivity contribution in [1.82, 2.24) is 0 Å². The van der Waals surface area contributed by atoms with E-state index in [1.165, 1.54) is 0 Å². The molecule has 2 aromatic carbocycles. The summed E-state index contributed by atoms with van der Waals surface area (Å²) in [6.07, 6.45) is 0. The molecule has 4 heteroatoms. The fraction of sp³-hybridized carbons (Fsp3) is 0.143. The molecule has 0 bridgehead atoms. The Morgan fingerprint density at radius 1 is 1.11 bits per heavy atom. The van der Waals surface area contributed by atoms with Crippen LogP contribution in [0.4, 0.5) is 4.39 Å². The van der Waals surface area contributed by atoms with Crippen LogP contribution in [0.2, 0.25) is 10.0 Å². The van der Waals surface area contributed by atoms with E-state index in [1.807, 2.05) is 6.07 Å². The molecule has 0 aliphatic rings. The summed E-state index contributed by atoms with van der Waals surface area (Å²) in [4.78, 5) is -0.290. The lowest BCUT2D eigenvalue weighted by atomic mass is 10.0. The number of hydrogen-bond acceptors (Lipinski definition) is 0. The lowest BCUT2D eigenvalue weighted by molar-refractivity contribution is 0.604. The van der Waals surface area contributed by atoms with E-state index in [1.54, 1.807) is 37.3 Å². The van der Waals surface area contributed by atoms with E-state index in [4.69, 9.17) is 23.2 Å². The van der Waals surface area contributed by atoms with E-state index in [0.717, 1.165) is 5.56 Å². The van der Waals surface area contributed by atoms with Crippen molar-refractivity contribution in [3.05, 3.63) is 69.0 Å². The Hall–Kier alpha value is -0.570. The number of hydrogen-bond donors (Lipinski definition) is 0. The molecule has 1 atom stereocenters. The maximum absolute atomic E-state index is 14.0. The summed E-state index contributed by atoms with van der Waals surface area (Å²) in [7, 11) is 0. The average molecular weight is 348 g/mol. The highest BCUT2D eigenvalue weighted by Crippen LogP contribution is 2.37. The third kappa shape index (κ3) is 2.71. The lowest BCUT2D eigenvalue weighted by Crippen LogP contribution is -1.99. The molecule has 0 saturated carbocycles. The molecule has 0 heterocycles. The zero-order chi connectivity index (χ0) is 13.3. The molecular weight excluding hydrogens is 338 g/mol. The Balaban J connectivity index is 2.48. The molecule has 0 aliphatic carbocycles. The van der Waals surface area contributed by atoms with E-state index < -0.39 is 0 Å².